The van der Waals surface area contributed by atoms with Crippen molar-refractivity contribution in [2.24, 2.45) is 0 Å². The Morgan fingerprint density at radius 2 is 1.73 bits per heavy atom. The van der Waals surface area contributed by atoms with Crippen LogP contribution in [0, 0.1) is 0 Å². The Balaban J connectivity index is 1.99. The molecule has 0 aliphatic rings. The number of sulfonamides is 1. The second-order valence-corrected chi connectivity index (χ2v) is 9.34. The smallest absolute Gasteiger partial charge is 0.250 e. The summed E-state index contributed by atoms with van der Waals surface area (Å²) in [5.41, 5.74) is 7.35. The van der Waals surface area contributed by atoms with Gasteiger partial charge in [0.25, 0.3) is 0 Å². The highest BCUT2D eigenvalue weighted by atomic mass is 32.2. The van der Waals surface area contributed by atoms with Crippen molar-refractivity contribution in [3.63, 3.8) is 0 Å². The van der Waals surface area contributed by atoms with Crippen LogP contribution in [-0.4, -0.2) is 15.0 Å². The molecular weight excluding hydrogens is 316 g/mol. The molecule has 0 saturated heterocycles. The minimum Gasteiger partial charge on any atom is -0.399 e. The van der Waals surface area contributed by atoms with E-state index in [0.717, 1.165) is 10.4 Å². The van der Waals surface area contributed by atoms with Crippen LogP contribution in [0.1, 0.15) is 31.2 Å². The summed E-state index contributed by atoms with van der Waals surface area (Å²) in [5.74, 6) is 0. The van der Waals surface area contributed by atoms with E-state index in [1.165, 1.54) is 11.3 Å². The van der Waals surface area contributed by atoms with Crippen molar-refractivity contribution >= 4 is 27.0 Å². The third kappa shape index (κ3) is 4.32. The summed E-state index contributed by atoms with van der Waals surface area (Å²) < 4.78 is 27.6. The standard InChI is InChI=1S/C16H22N2O2S2/c1-16(2,3)14-8-9-15(21-14)22(19,20)18-11-10-12-4-6-13(17)7-5-12/h4-9,18H,10-11,17H2,1-3H3. The van der Waals surface area contributed by atoms with Gasteiger partial charge in [-0.2, -0.15) is 0 Å². The van der Waals surface area contributed by atoms with Crippen molar-refractivity contribution in [1.82, 2.24) is 4.72 Å². The number of hydrogen-bond acceptors (Lipinski definition) is 4. The normalized spacial score (nSPS) is 12.5. The van der Waals surface area contributed by atoms with Gasteiger partial charge in [-0.15, -0.1) is 11.3 Å². The Bertz CT molecular complexity index is 726. The van der Waals surface area contributed by atoms with E-state index in [1.807, 2.05) is 30.3 Å². The van der Waals surface area contributed by atoms with Crippen LogP contribution in [0.4, 0.5) is 5.69 Å². The molecule has 0 saturated carbocycles. The Hall–Kier alpha value is -1.37. The maximum Gasteiger partial charge on any atom is 0.250 e. The molecule has 1 aromatic heterocycles. The fraction of sp³-hybridized carbons (Fsp3) is 0.375. The number of rotatable bonds is 5. The highest BCUT2D eigenvalue weighted by Crippen LogP contribution is 2.31. The predicted molar refractivity (Wildman–Crippen MR) is 92.8 cm³/mol. The van der Waals surface area contributed by atoms with E-state index in [9.17, 15) is 8.42 Å². The lowest BCUT2D eigenvalue weighted by atomic mass is 9.95. The van der Waals surface area contributed by atoms with E-state index in [4.69, 9.17) is 5.73 Å². The van der Waals surface area contributed by atoms with Gasteiger partial charge in [0.15, 0.2) is 0 Å². The number of nitrogen functional groups attached to an aromatic ring is 1. The number of nitrogens with one attached hydrogen (secondary N) is 1. The first-order chi connectivity index (χ1) is 10.2. The van der Waals surface area contributed by atoms with Crippen LogP contribution in [0.5, 0.6) is 0 Å². The summed E-state index contributed by atoms with van der Waals surface area (Å²) >= 11 is 1.33. The van der Waals surface area contributed by atoms with Crippen molar-refractivity contribution in [3.8, 4) is 0 Å². The number of nitrogens with two attached hydrogens (primary N) is 1. The third-order valence-electron chi connectivity index (χ3n) is 3.27. The van der Waals surface area contributed by atoms with E-state index in [-0.39, 0.29) is 5.41 Å². The van der Waals surface area contributed by atoms with Crippen molar-refractivity contribution in [2.45, 2.75) is 36.8 Å². The topological polar surface area (TPSA) is 72.2 Å². The average molecular weight is 338 g/mol. The summed E-state index contributed by atoms with van der Waals surface area (Å²) in [7, 11) is -3.43. The fourth-order valence-corrected chi connectivity index (χ4v) is 4.39. The monoisotopic (exact) mass is 338 g/mol. The highest BCUT2D eigenvalue weighted by Gasteiger charge is 2.21. The van der Waals surface area contributed by atoms with Crippen LogP contribution in [0.15, 0.2) is 40.6 Å². The zero-order chi connectivity index (χ0) is 16.4. The minimum atomic E-state index is -3.43. The predicted octanol–water partition coefficient (Wildman–Crippen LogP) is 3.15. The van der Waals surface area contributed by atoms with Gasteiger partial charge in [0.05, 0.1) is 0 Å². The first-order valence-corrected chi connectivity index (χ1v) is 9.43. The molecule has 0 amide bonds. The van der Waals surface area contributed by atoms with Gasteiger partial charge in [0.1, 0.15) is 4.21 Å². The molecule has 2 rings (SSSR count). The molecule has 4 nitrogen and oxygen atoms in total. The third-order valence-corrected chi connectivity index (χ3v) is 6.73. The van der Waals surface area contributed by atoms with Crippen molar-refractivity contribution in [3.05, 3.63) is 46.8 Å². The van der Waals surface area contributed by atoms with Gasteiger partial charge in [-0.1, -0.05) is 32.9 Å². The Morgan fingerprint density at radius 1 is 1.09 bits per heavy atom. The molecule has 0 atom stereocenters. The molecule has 0 radical (unpaired) electrons. The molecule has 2 aromatic rings. The molecule has 0 bridgehead atoms. The molecule has 3 N–H and O–H groups in total. The molecular formula is C16H22N2O2S2. The second kappa shape index (κ2) is 6.40. The lowest BCUT2D eigenvalue weighted by molar-refractivity contribution is 0.584. The largest absolute Gasteiger partial charge is 0.399 e. The number of anilines is 1. The van der Waals surface area contributed by atoms with Gasteiger partial charge in [0, 0.05) is 17.1 Å². The summed E-state index contributed by atoms with van der Waals surface area (Å²) in [6, 6.07) is 11.0. The molecule has 0 aliphatic carbocycles. The minimum absolute atomic E-state index is 0.0393. The van der Waals surface area contributed by atoms with Gasteiger partial charge in [-0.25, -0.2) is 13.1 Å². The molecule has 6 heteroatoms. The van der Waals surface area contributed by atoms with Crippen LogP contribution in [0.25, 0.3) is 0 Å². The first kappa shape index (κ1) is 17.0. The van der Waals surface area contributed by atoms with E-state index in [1.54, 1.807) is 6.07 Å². The van der Waals surface area contributed by atoms with Gasteiger partial charge < -0.3 is 5.73 Å². The number of hydrogen-bond donors (Lipinski definition) is 2. The lowest BCUT2D eigenvalue weighted by Gasteiger charge is -2.15. The molecule has 22 heavy (non-hydrogen) atoms. The van der Waals surface area contributed by atoms with E-state index in [0.29, 0.717) is 22.9 Å². The van der Waals surface area contributed by atoms with Gasteiger partial charge in [-0.05, 0) is 41.7 Å². The lowest BCUT2D eigenvalue weighted by Crippen LogP contribution is -2.25. The summed E-state index contributed by atoms with van der Waals surface area (Å²) in [6.45, 7) is 6.59. The van der Waals surface area contributed by atoms with Crippen molar-refractivity contribution in [1.29, 1.82) is 0 Å². The van der Waals surface area contributed by atoms with E-state index >= 15 is 0 Å². The summed E-state index contributed by atoms with van der Waals surface area (Å²) in [4.78, 5) is 1.06. The number of thiophene rings is 1. The van der Waals surface area contributed by atoms with Gasteiger partial charge >= 0.3 is 0 Å². The molecule has 0 unspecified atom stereocenters. The molecule has 0 aliphatic heterocycles. The maximum atomic E-state index is 12.3. The Kier molecular flexibility index (Phi) is 4.94. The van der Waals surface area contributed by atoms with Crippen molar-refractivity contribution < 1.29 is 8.42 Å². The van der Waals surface area contributed by atoms with Crippen LogP contribution < -0.4 is 10.5 Å². The zero-order valence-corrected chi connectivity index (χ0v) is 14.7. The van der Waals surface area contributed by atoms with Crippen molar-refractivity contribution in [2.75, 3.05) is 12.3 Å². The maximum absolute atomic E-state index is 12.3. The Labute approximate surface area is 136 Å². The molecule has 1 heterocycles. The molecule has 120 valence electrons. The number of benzene rings is 1. The quantitative estimate of drug-likeness (QED) is 0.823. The molecule has 1 aromatic carbocycles. The van der Waals surface area contributed by atoms with Gasteiger partial charge in [0.2, 0.25) is 10.0 Å². The van der Waals surface area contributed by atoms with Gasteiger partial charge in [-0.3, -0.25) is 0 Å². The van der Waals surface area contributed by atoms with Crippen LogP contribution in [0.2, 0.25) is 0 Å². The SMILES string of the molecule is CC(C)(C)c1ccc(S(=O)(=O)NCCc2ccc(N)cc2)s1. The first-order valence-electron chi connectivity index (χ1n) is 7.13. The molecule has 0 spiro atoms. The van der Waals surface area contributed by atoms with Crippen LogP contribution in [0.3, 0.4) is 0 Å². The highest BCUT2D eigenvalue weighted by molar-refractivity contribution is 7.91. The Morgan fingerprint density at radius 3 is 2.27 bits per heavy atom. The van der Waals surface area contributed by atoms with Crippen LogP contribution >= 0.6 is 11.3 Å². The zero-order valence-electron chi connectivity index (χ0n) is 13.1. The molecule has 0 fully saturated rings. The van der Waals surface area contributed by atoms with E-state index < -0.39 is 10.0 Å². The fourth-order valence-electron chi connectivity index (χ4n) is 1.95. The average Bonchev–Trinajstić information content (AvgIpc) is 2.91. The second-order valence-electron chi connectivity index (χ2n) is 6.26. The summed E-state index contributed by atoms with van der Waals surface area (Å²) in [5, 5.41) is 0. The van der Waals surface area contributed by atoms with E-state index in [2.05, 4.69) is 25.5 Å². The van der Waals surface area contributed by atoms with Crippen LogP contribution in [-0.2, 0) is 21.9 Å². The summed E-state index contributed by atoms with van der Waals surface area (Å²) in [6.07, 6.45) is 0.636.